The maximum Gasteiger partial charge on any atom is 0.229 e. The zero-order chi connectivity index (χ0) is 13.8. The average molecular weight is 279 g/mol. The van der Waals surface area contributed by atoms with Crippen molar-refractivity contribution >= 4 is 17.5 Å². The van der Waals surface area contributed by atoms with Gasteiger partial charge in [0.2, 0.25) is 5.91 Å². The van der Waals surface area contributed by atoms with Gasteiger partial charge in [-0.15, -0.1) is 0 Å². The van der Waals surface area contributed by atoms with Crippen molar-refractivity contribution in [2.45, 2.75) is 25.9 Å². The maximum atomic E-state index is 12.4. The summed E-state index contributed by atoms with van der Waals surface area (Å²) in [5, 5.41) is 0.701. The zero-order valence-electron chi connectivity index (χ0n) is 11.1. The summed E-state index contributed by atoms with van der Waals surface area (Å²) in [7, 11) is 0. The van der Waals surface area contributed by atoms with E-state index in [4.69, 9.17) is 17.3 Å². The standard InChI is InChI=1S/C15H19ClN2O/c1-2-18(10-12-5-3-4-6-14(12)16)15(19)11-7-8-13(17)9-11/h3-8,11,13H,2,9-10,17H2,1H3. The quantitative estimate of drug-likeness (QED) is 0.861. The van der Waals surface area contributed by atoms with Gasteiger partial charge in [-0.25, -0.2) is 0 Å². The van der Waals surface area contributed by atoms with Gasteiger partial charge in [0.05, 0.1) is 5.92 Å². The van der Waals surface area contributed by atoms with Crippen LogP contribution in [0.1, 0.15) is 18.9 Å². The highest BCUT2D eigenvalue weighted by molar-refractivity contribution is 6.31. The minimum absolute atomic E-state index is 0.00738. The molecule has 2 N–H and O–H groups in total. The van der Waals surface area contributed by atoms with E-state index < -0.39 is 0 Å². The van der Waals surface area contributed by atoms with E-state index in [1.165, 1.54) is 0 Å². The van der Waals surface area contributed by atoms with E-state index in [0.717, 1.165) is 5.56 Å². The van der Waals surface area contributed by atoms with Crippen LogP contribution in [0, 0.1) is 5.92 Å². The Bertz CT molecular complexity index is 487. The molecule has 0 heterocycles. The molecular weight excluding hydrogens is 260 g/mol. The number of nitrogens with two attached hydrogens (primary N) is 1. The van der Waals surface area contributed by atoms with Crippen molar-refractivity contribution in [3.05, 3.63) is 47.0 Å². The fraction of sp³-hybridized carbons (Fsp3) is 0.400. The van der Waals surface area contributed by atoms with Gasteiger partial charge in [-0.1, -0.05) is 42.0 Å². The first kappa shape index (κ1) is 14.1. The molecule has 19 heavy (non-hydrogen) atoms. The van der Waals surface area contributed by atoms with E-state index in [2.05, 4.69) is 0 Å². The molecule has 1 aromatic carbocycles. The number of nitrogens with zero attached hydrogens (tertiary/aromatic N) is 1. The smallest absolute Gasteiger partial charge is 0.229 e. The van der Waals surface area contributed by atoms with E-state index in [1.54, 1.807) is 0 Å². The number of benzene rings is 1. The molecule has 1 aromatic rings. The fourth-order valence-electron chi connectivity index (χ4n) is 2.32. The second-order valence-electron chi connectivity index (χ2n) is 4.83. The lowest BCUT2D eigenvalue weighted by Crippen LogP contribution is -2.35. The van der Waals surface area contributed by atoms with Gasteiger partial charge >= 0.3 is 0 Å². The molecule has 1 aliphatic carbocycles. The van der Waals surface area contributed by atoms with Crippen LogP contribution in [0.5, 0.6) is 0 Å². The lowest BCUT2D eigenvalue weighted by Gasteiger charge is -2.24. The fourth-order valence-corrected chi connectivity index (χ4v) is 2.52. The van der Waals surface area contributed by atoms with Gasteiger partial charge in [-0.3, -0.25) is 4.79 Å². The minimum Gasteiger partial charge on any atom is -0.338 e. The summed E-state index contributed by atoms with van der Waals surface area (Å²) in [6.07, 6.45) is 4.53. The molecule has 1 aliphatic rings. The highest BCUT2D eigenvalue weighted by Crippen LogP contribution is 2.22. The van der Waals surface area contributed by atoms with Crippen LogP contribution in [0.4, 0.5) is 0 Å². The minimum atomic E-state index is -0.0857. The first-order valence-electron chi connectivity index (χ1n) is 6.58. The van der Waals surface area contributed by atoms with E-state index >= 15 is 0 Å². The molecule has 3 nitrogen and oxygen atoms in total. The molecule has 4 heteroatoms. The summed E-state index contributed by atoms with van der Waals surface area (Å²) in [4.78, 5) is 14.2. The molecule has 0 saturated heterocycles. The Labute approximate surface area is 119 Å². The van der Waals surface area contributed by atoms with Gasteiger partial charge in [-0.05, 0) is 25.0 Å². The van der Waals surface area contributed by atoms with Crippen LogP contribution in [0.15, 0.2) is 36.4 Å². The number of rotatable bonds is 4. The van der Waals surface area contributed by atoms with E-state index in [-0.39, 0.29) is 17.9 Å². The molecule has 0 spiro atoms. The molecule has 2 unspecified atom stereocenters. The van der Waals surface area contributed by atoms with Crippen LogP contribution < -0.4 is 5.73 Å². The first-order chi connectivity index (χ1) is 9.11. The molecule has 0 bridgehead atoms. The molecule has 0 fully saturated rings. The van der Waals surface area contributed by atoms with Crippen molar-refractivity contribution in [2.75, 3.05) is 6.54 Å². The van der Waals surface area contributed by atoms with Crippen LogP contribution in [-0.2, 0) is 11.3 Å². The first-order valence-corrected chi connectivity index (χ1v) is 6.95. The summed E-state index contributed by atoms with van der Waals surface area (Å²) in [5.41, 5.74) is 6.78. The van der Waals surface area contributed by atoms with Gasteiger partial charge in [0, 0.05) is 24.2 Å². The lowest BCUT2D eigenvalue weighted by molar-refractivity contribution is -0.134. The maximum absolute atomic E-state index is 12.4. The molecular formula is C15H19ClN2O. The van der Waals surface area contributed by atoms with E-state index in [1.807, 2.05) is 48.2 Å². The third-order valence-electron chi connectivity index (χ3n) is 3.45. The normalized spacial score (nSPS) is 21.6. The molecule has 0 aromatic heterocycles. The Kier molecular flexibility index (Phi) is 4.61. The summed E-state index contributed by atoms with van der Waals surface area (Å²) >= 11 is 6.14. The third kappa shape index (κ3) is 3.37. The van der Waals surface area contributed by atoms with Crippen molar-refractivity contribution in [1.82, 2.24) is 4.90 Å². The summed E-state index contributed by atoms with van der Waals surface area (Å²) in [6.45, 7) is 3.20. The van der Waals surface area contributed by atoms with Gasteiger partial charge in [-0.2, -0.15) is 0 Å². The molecule has 102 valence electrons. The Morgan fingerprint density at radius 2 is 2.16 bits per heavy atom. The summed E-state index contributed by atoms with van der Waals surface area (Å²) in [5.74, 6) is 0.0454. The zero-order valence-corrected chi connectivity index (χ0v) is 11.8. The van der Waals surface area contributed by atoms with E-state index in [9.17, 15) is 4.79 Å². The Morgan fingerprint density at radius 3 is 2.74 bits per heavy atom. The highest BCUT2D eigenvalue weighted by atomic mass is 35.5. The van der Waals surface area contributed by atoms with Crippen molar-refractivity contribution in [3.63, 3.8) is 0 Å². The van der Waals surface area contributed by atoms with Gasteiger partial charge in [0.25, 0.3) is 0 Å². The molecule has 0 aliphatic heterocycles. The number of halogens is 1. The lowest BCUT2D eigenvalue weighted by atomic mass is 10.1. The molecule has 0 radical (unpaired) electrons. The van der Waals surface area contributed by atoms with Gasteiger partial charge in [0.15, 0.2) is 0 Å². The monoisotopic (exact) mass is 278 g/mol. The van der Waals surface area contributed by atoms with Gasteiger partial charge < -0.3 is 10.6 Å². The van der Waals surface area contributed by atoms with Crippen LogP contribution in [0.3, 0.4) is 0 Å². The number of carbonyl (C=O) groups excluding carboxylic acids is 1. The molecule has 2 rings (SSSR count). The Balaban J connectivity index is 2.06. The van der Waals surface area contributed by atoms with Crippen molar-refractivity contribution < 1.29 is 4.79 Å². The SMILES string of the molecule is CCN(Cc1ccccc1Cl)C(=O)C1C=CC(N)C1. The average Bonchev–Trinajstić information content (AvgIpc) is 2.84. The van der Waals surface area contributed by atoms with Crippen molar-refractivity contribution in [3.8, 4) is 0 Å². The molecule has 2 atom stereocenters. The Hall–Kier alpha value is -1.32. The second kappa shape index (κ2) is 6.22. The van der Waals surface area contributed by atoms with Gasteiger partial charge in [0.1, 0.15) is 0 Å². The molecule has 1 amide bonds. The number of carbonyl (C=O) groups is 1. The van der Waals surface area contributed by atoms with Crippen LogP contribution >= 0.6 is 11.6 Å². The van der Waals surface area contributed by atoms with Crippen LogP contribution in [-0.4, -0.2) is 23.4 Å². The predicted octanol–water partition coefficient (Wildman–Crippen LogP) is 2.59. The third-order valence-corrected chi connectivity index (χ3v) is 3.82. The highest BCUT2D eigenvalue weighted by Gasteiger charge is 2.26. The number of hydrogen-bond acceptors (Lipinski definition) is 2. The number of amides is 1. The van der Waals surface area contributed by atoms with Crippen molar-refractivity contribution in [2.24, 2.45) is 11.7 Å². The topological polar surface area (TPSA) is 46.3 Å². The van der Waals surface area contributed by atoms with Crippen LogP contribution in [0.2, 0.25) is 5.02 Å². The van der Waals surface area contributed by atoms with Crippen LogP contribution in [0.25, 0.3) is 0 Å². The second-order valence-corrected chi connectivity index (χ2v) is 5.24. The summed E-state index contributed by atoms with van der Waals surface area (Å²) in [6, 6.07) is 7.64. The molecule has 0 saturated carbocycles. The summed E-state index contributed by atoms with van der Waals surface area (Å²) < 4.78 is 0. The predicted molar refractivity (Wildman–Crippen MR) is 77.8 cm³/mol. The van der Waals surface area contributed by atoms with E-state index in [0.29, 0.717) is 24.5 Å². The van der Waals surface area contributed by atoms with Crippen molar-refractivity contribution in [1.29, 1.82) is 0 Å². The largest absolute Gasteiger partial charge is 0.338 e. The Morgan fingerprint density at radius 1 is 1.42 bits per heavy atom. The number of hydrogen-bond donors (Lipinski definition) is 1.